The second-order valence-corrected chi connectivity index (χ2v) is 5.08. The van der Waals surface area contributed by atoms with E-state index in [0.717, 1.165) is 38.2 Å². The van der Waals surface area contributed by atoms with Crippen LogP contribution in [0.4, 0.5) is 5.69 Å². The third-order valence-corrected chi connectivity index (χ3v) is 3.63. The summed E-state index contributed by atoms with van der Waals surface area (Å²) in [5.41, 5.74) is 7.75. The first-order chi connectivity index (χ1) is 9.19. The van der Waals surface area contributed by atoms with E-state index in [1.54, 1.807) is 6.92 Å². The predicted molar refractivity (Wildman–Crippen MR) is 75.7 cm³/mol. The summed E-state index contributed by atoms with van der Waals surface area (Å²) in [7, 11) is 0. The van der Waals surface area contributed by atoms with Crippen LogP contribution in [0.25, 0.3) is 0 Å². The van der Waals surface area contributed by atoms with Crippen LogP contribution in [0.1, 0.15) is 25.5 Å². The number of hydrogen-bond acceptors (Lipinski definition) is 4. The maximum Gasteiger partial charge on any atom is 0.216 e. The molecule has 3 N–H and O–H groups in total. The lowest BCUT2D eigenvalue weighted by molar-refractivity contribution is -0.119. The van der Waals surface area contributed by atoms with Gasteiger partial charge in [-0.1, -0.05) is 0 Å². The summed E-state index contributed by atoms with van der Waals surface area (Å²) in [6.45, 7) is 4.90. The van der Waals surface area contributed by atoms with Crippen molar-refractivity contribution in [3.63, 3.8) is 0 Å². The van der Waals surface area contributed by atoms with Gasteiger partial charge in [0.1, 0.15) is 0 Å². The molecule has 1 aliphatic rings. The third-order valence-electron chi connectivity index (χ3n) is 3.63. The van der Waals surface area contributed by atoms with Crippen molar-refractivity contribution in [1.82, 2.24) is 10.3 Å². The first-order valence-electron chi connectivity index (χ1n) is 6.83. The average Bonchev–Trinajstić information content (AvgIpc) is 2.45. The normalized spacial score (nSPS) is 16.4. The summed E-state index contributed by atoms with van der Waals surface area (Å²) < 4.78 is 0. The van der Waals surface area contributed by atoms with Crippen molar-refractivity contribution in [2.75, 3.05) is 24.5 Å². The van der Waals surface area contributed by atoms with Crippen molar-refractivity contribution < 1.29 is 4.79 Å². The van der Waals surface area contributed by atoms with Gasteiger partial charge in [0.05, 0.1) is 5.69 Å². The largest absolute Gasteiger partial charge is 0.371 e. The molecule has 0 radical (unpaired) electrons. The number of nitrogens with zero attached hydrogens (tertiary/aromatic N) is 2. The zero-order chi connectivity index (χ0) is 13.7. The first kappa shape index (κ1) is 13.8. The summed E-state index contributed by atoms with van der Waals surface area (Å²) in [6.07, 6.45) is 4.04. The van der Waals surface area contributed by atoms with Crippen LogP contribution < -0.4 is 16.0 Å². The maximum atomic E-state index is 10.9. The minimum Gasteiger partial charge on any atom is -0.371 e. The fourth-order valence-corrected chi connectivity index (χ4v) is 2.46. The van der Waals surface area contributed by atoms with Crippen LogP contribution in [0.15, 0.2) is 18.3 Å². The molecule has 0 aromatic carbocycles. The number of pyridine rings is 1. The molecule has 104 valence electrons. The molecule has 1 fully saturated rings. The SMILES string of the molecule is CC(=O)NCC1CCN(c2ccnc(CN)c2)CC1. The van der Waals surface area contributed by atoms with Crippen LogP contribution in [-0.4, -0.2) is 30.5 Å². The van der Waals surface area contributed by atoms with E-state index in [0.29, 0.717) is 12.5 Å². The van der Waals surface area contributed by atoms with E-state index in [9.17, 15) is 4.79 Å². The van der Waals surface area contributed by atoms with Crippen LogP contribution >= 0.6 is 0 Å². The Labute approximate surface area is 114 Å². The van der Waals surface area contributed by atoms with Crippen molar-refractivity contribution in [3.05, 3.63) is 24.0 Å². The number of amides is 1. The Hall–Kier alpha value is -1.62. The number of rotatable bonds is 4. The second kappa shape index (κ2) is 6.52. The highest BCUT2D eigenvalue weighted by atomic mass is 16.1. The second-order valence-electron chi connectivity index (χ2n) is 5.08. The highest BCUT2D eigenvalue weighted by molar-refractivity contribution is 5.72. The highest BCUT2D eigenvalue weighted by Crippen LogP contribution is 2.23. The lowest BCUT2D eigenvalue weighted by Gasteiger charge is -2.33. The Morgan fingerprint density at radius 2 is 2.26 bits per heavy atom. The van der Waals surface area contributed by atoms with Gasteiger partial charge in [0, 0.05) is 45.0 Å². The lowest BCUT2D eigenvalue weighted by atomic mass is 9.96. The number of aromatic nitrogens is 1. The molecular weight excluding hydrogens is 240 g/mol. The van der Waals surface area contributed by atoms with Crippen LogP contribution in [0.3, 0.4) is 0 Å². The fraction of sp³-hybridized carbons (Fsp3) is 0.571. The third kappa shape index (κ3) is 3.92. The van der Waals surface area contributed by atoms with Crippen LogP contribution in [0.2, 0.25) is 0 Å². The summed E-state index contributed by atoms with van der Waals surface area (Å²) in [6, 6.07) is 4.10. The molecule has 2 heterocycles. The van der Waals surface area contributed by atoms with Crippen molar-refractivity contribution in [1.29, 1.82) is 0 Å². The summed E-state index contributed by atoms with van der Waals surface area (Å²) >= 11 is 0. The average molecular weight is 262 g/mol. The Kier molecular flexibility index (Phi) is 4.74. The van der Waals surface area contributed by atoms with E-state index in [2.05, 4.69) is 21.3 Å². The molecule has 0 bridgehead atoms. The molecule has 1 aromatic rings. The molecular formula is C14H22N4O. The highest BCUT2D eigenvalue weighted by Gasteiger charge is 2.19. The van der Waals surface area contributed by atoms with Crippen LogP contribution in [0, 0.1) is 5.92 Å². The minimum atomic E-state index is 0.0594. The lowest BCUT2D eigenvalue weighted by Crippen LogP contribution is -2.38. The van der Waals surface area contributed by atoms with E-state index < -0.39 is 0 Å². The summed E-state index contributed by atoms with van der Waals surface area (Å²) in [5.74, 6) is 0.653. The predicted octanol–water partition coefficient (Wildman–Crippen LogP) is 0.893. The number of hydrogen-bond donors (Lipinski definition) is 2. The fourth-order valence-electron chi connectivity index (χ4n) is 2.46. The van der Waals surface area contributed by atoms with Crippen LogP contribution in [0.5, 0.6) is 0 Å². The van der Waals surface area contributed by atoms with Gasteiger partial charge in [-0.3, -0.25) is 9.78 Å². The number of piperidine rings is 1. The standard InChI is InChI=1S/C14H22N4O/c1-11(19)17-10-12-3-6-18(7-4-12)14-2-5-16-13(8-14)9-15/h2,5,8,12H,3-4,6-7,9-10,15H2,1H3,(H,17,19). The molecule has 0 unspecified atom stereocenters. The zero-order valence-electron chi connectivity index (χ0n) is 11.4. The van der Waals surface area contributed by atoms with Gasteiger partial charge < -0.3 is 16.0 Å². The van der Waals surface area contributed by atoms with Crippen molar-refractivity contribution in [2.45, 2.75) is 26.3 Å². The zero-order valence-corrected chi connectivity index (χ0v) is 11.4. The molecule has 1 aromatic heterocycles. The molecule has 5 heteroatoms. The molecule has 1 aliphatic heterocycles. The van der Waals surface area contributed by atoms with Gasteiger partial charge in [-0.25, -0.2) is 0 Å². The van der Waals surface area contributed by atoms with Crippen molar-refractivity contribution in [2.24, 2.45) is 11.7 Å². The number of anilines is 1. The van der Waals surface area contributed by atoms with E-state index in [1.165, 1.54) is 5.69 Å². The molecule has 0 spiro atoms. The molecule has 0 aliphatic carbocycles. The number of carbonyl (C=O) groups excluding carboxylic acids is 1. The maximum absolute atomic E-state index is 10.9. The molecule has 19 heavy (non-hydrogen) atoms. The van der Waals surface area contributed by atoms with E-state index in [1.807, 2.05) is 12.3 Å². The number of carbonyl (C=O) groups is 1. The Bertz CT molecular complexity index is 427. The quantitative estimate of drug-likeness (QED) is 0.845. The molecule has 2 rings (SSSR count). The monoisotopic (exact) mass is 262 g/mol. The molecule has 0 atom stereocenters. The Morgan fingerprint density at radius 1 is 1.53 bits per heavy atom. The van der Waals surface area contributed by atoms with Crippen molar-refractivity contribution in [3.8, 4) is 0 Å². The van der Waals surface area contributed by atoms with Crippen LogP contribution in [-0.2, 0) is 11.3 Å². The summed E-state index contributed by atoms with van der Waals surface area (Å²) in [5, 5.41) is 2.90. The molecule has 0 saturated carbocycles. The topological polar surface area (TPSA) is 71.2 Å². The van der Waals surface area contributed by atoms with Gasteiger partial charge in [0.25, 0.3) is 0 Å². The van der Waals surface area contributed by atoms with Gasteiger partial charge in [0.2, 0.25) is 5.91 Å². The Balaban J connectivity index is 1.87. The number of nitrogens with two attached hydrogens (primary N) is 1. The van der Waals surface area contributed by atoms with Gasteiger partial charge in [-0.15, -0.1) is 0 Å². The van der Waals surface area contributed by atoms with Gasteiger partial charge >= 0.3 is 0 Å². The van der Waals surface area contributed by atoms with E-state index in [-0.39, 0.29) is 5.91 Å². The summed E-state index contributed by atoms with van der Waals surface area (Å²) in [4.78, 5) is 17.5. The minimum absolute atomic E-state index is 0.0594. The molecule has 1 amide bonds. The number of nitrogens with one attached hydrogen (secondary N) is 1. The smallest absolute Gasteiger partial charge is 0.216 e. The van der Waals surface area contributed by atoms with Crippen molar-refractivity contribution >= 4 is 11.6 Å². The first-order valence-corrected chi connectivity index (χ1v) is 6.83. The van der Waals surface area contributed by atoms with E-state index in [4.69, 9.17) is 5.73 Å². The molecule has 1 saturated heterocycles. The van der Waals surface area contributed by atoms with Gasteiger partial charge in [0.15, 0.2) is 0 Å². The Morgan fingerprint density at radius 3 is 2.89 bits per heavy atom. The molecule has 5 nitrogen and oxygen atoms in total. The van der Waals surface area contributed by atoms with Gasteiger partial charge in [-0.2, -0.15) is 0 Å². The van der Waals surface area contributed by atoms with Gasteiger partial charge in [-0.05, 0) is 30.9 Å². The van der Waals surface area contributed by atoms with E-state index >= 15 is 0 Å².